The Labute approximate surface area is 212 Å². The second-order valence-electron chi connectivity index (χ2n) is 9.64. The lowest BCUT2D eigenvalue weighted by Gasteiger charge is -2.36. The van der Waals surface area contributed by atoms with Crippen molar-refractivity contribution in [3.63, 3.8) is 0 Å². The van der Waals surface area contributed by atoms with Crippen molar-refractivity contribution in [2.75, 3.05) is 48.3 Å². The van der Waals surface area contributed by atoms with Gasteiger partial charge in [-0.2, -0.15) is 0 Å². The molecule has 1 aromatic carbocycles. The van der Waals surface area contributed by atoms with E-state index in [2.05, 4.69) is 67.7 Å². The van der Waals surface area contributed by atoms with Crippen LogP contribution in [0, 0.1) is 11.8 Å². The molecule has 2 atom stereocenters. The maximum Gasteiger partial charge on any atom is 0.169 e. The van der Waals surface area contributed by atoms with Crippen LogP contribution in [0.25, 0.3) is 11.3 Å². The number of aromatic hydroxyl groups is 1. The number of nitrogen functional groups attached to an aromatic ring is 1. The number of benzene rings is 1. The molecule has 186 valence electrons. The first-order chi connectivity index (χ1) is 17.5. The second-order valence-corrected chi connectivity index (χ2v) is 9.64. The van der Waals surface area contributed by atoms with Crippen molar-refractivity contribution in [3.05, 3.63) is 54.4 Å². The molecule has 2 fully saturated rings. The minimum atomic E-state index is 0.175. The zero-order valence-corrected chi connectivity index (χ0v) is 20.9. The van der Waals surface area contributed by atoms with E-state index in [0.717, 1.165) is 56.2 Å². The fourth-order valence-corrected chi connectivity index (χ4v) is 4.85. The highest BCUT2D eigenvalue weighted by Crippen LogP contribution is 2.32. The highest BCUT2D eigenvalue weighted by molar-refractivity contribution is 5.74. The van der Waals surface area contributed by atoms with E-state index in [1.807, 2.05) is 24.4 Å². The standard InChI is InChI=1S/C28H33N7O/c1-20-10-14-33(20)13-5-6-22-18-23(9-12-30-22)35-17-16-34(15-11-21(35)2)26-19-25(31-32-28(26)29)24-7-3-4-8-27(24)36/h3-4,7-9,12,18-21,36H,10-11,13-17H2,1-2H3,(H2,29,32). The molecule has 8 heteroatoms. The third-order valence-corrected chi connectivity index (χ3v) is 7.31. The quantitative estimate of drug-likeness (QED) is 0.546. The van der Waals surface area contributed by atoms with E-state index in [4.69, 9.17) is 5.73 Å². The predicted octanol–water partition coefficient (Wildman–Crippen LogP) is 3.38. The minimum absolute atomic E-state index is 0.175. The number of nitrogens with two attached hydrogens (primary N) is 1. The van der Waals surface area contributed by atoms with E-state index in [0.29, 0.717) is 29.2 Å². The van der Waals surface area contributed by atoms with Crippen molar-refractivity contribution in [3.8, 4) is 28.8 Å². The Hall–Kier alpha value is -3.83. The molecule has 0 aliphatic carbocycles. The Morgan fingerprint density at radius 3 is 2.61 bits per heavy atom. The third-order valence-electron chi connectivity index (χ3n) is 7.31. The van der Waals surface area contributed by atoms with Gasteiger partial charge in [0, 0.05) is 55.7 Å². The molecule has 0 amide bonds. The molecule has 2 aliphatic heterocycles. The van der Waals surface area contributed by atoms with Crippen molar-refractivity contribution in [2.45, 2.75) is 38.8 Å². The molecule has 3 aromatic rings. The summed E-state index contributed by atoms with van der Waals surface area (Å²) in [6.07, 6.45) is 4.07. The topological polar surface area (TPSA) is 94.6 Å². The molecule has 36 heavy (non-hydrogen) atoms. The number of nitrogens with zero attached hydrogens (tertiary/aromatic N) is 6. The van der Waals surface area contributed by atoms with Gasteiger partial charge in [0.2, 0.25) is 0 Å². The lowest BCUT2D eigenvalue weighted by molar-refractivity contribution is 0.124. The number of phenolic OH excluding ortho intramolecular Hbond substituents is 1. The van der Waals surface area contributed by atoms with Gasteiger partial charge in [0.25, 0.3) is 0 Å². The number of phenols is 1. The van der Waals surface area contributed by atoms with Gasteiger partial charge in [0.15, 0.2) is 5.82 Å². The Morgan fingerprint density at radius 2 is 1.83 bits per heavy atom. The van der Waals surface area contributed by atoms with Gasteiger partial charge < -0.3 is 20.6 Å². The number of aromatic nitrogens is 3. The van der Waals surface area contributed by atoms with Crippen LogP contribution < -0.4 is 15.5 Å². The summed E-state index contributed by atoms with van der Waals surface area (Å²) in [6, 6.07) is 14.2. The molecular formula is C28H33N7O. The van der Waals surface area contributed by atoms with E-state index in [-0.39, 0.29) is 5.75 Å². The number of likely N-dealkylation sites (tertiary alicyclic amines) is 1. The van der Waals surface area contributed by atoms with Crippen LogP contribution in [0.3, 0.4) is 0 Å². The van der Waals surface area contributed by atoms with Gasteiger partial charge in [-0.25, -0.2) is 4.98 Å². The zero-order chi connectivity index (χ0) is 25.1. The highest BCUT2D eigenvalue weighted by atomic mass is 16.3. The molecule has 0 bridgehead atoms. The second kappa shape index (κ2) is 10.4. The molecule has 5 rings (SSSR count). The maximum atomic E-state index is 10.3. The van der Waals surface area contributed by atoms with E-state index < -0.39 is 0 Å². The zero-order valence-electron chi connectivity index (χ0n) is 20.9. The Balaban J connectivity index is 1.32. The fourth-order valence-electron chi connectivity index (χ4n) is 4.85. The molecule has 4 heterocycles. The van der Waals surface area contributed by atoms with Crippen molar-refractivity contribution in [1.82, 2.24) is 20.1 Å². The van der Waals surface area contributed by atoms with Gasteiger partial charge >= 0.3 is 0 Å². The lowest BCUT2D eigenvalue weighted by Crippen LogP contribution is -2.45. The lowest BCUT2D eigenvalue weighted by atomic mass is 10.1. The van der Waals surface area contributed by atoms with Gasteiger partial charge in [0.05, 0.1) is 17.9 Å². The van der Waals surface area contributed by atoms with Crippen molar-refractivity contribution in [1.29, 1.82) is 0 Å². The first-order valence-electron chi connectivity index (χ1n) is 12.6. The van der Waals surface area contributed by atoms with Crippen molar-refractivity contribution < 1.29 is 5.11 Å². The third kappa shape index (κ3) is 5.07. The van der Waals surface area contributed by atoms with Crippen LogP contribution in [-0.4, -0.2) is 70.0 Å². The molecule has 0 saturated carbocycles. The smallest absolute Gasteiger partial charge is 0.169 e. The molecule has 2 saturated heterocycles. The molecule has 2 unspecified atom stereocenters. The maximum absolute atomic E-state index is 10.3. The summed E-state index contributed by atoms with van der Waals surface area (Å²) in [5, 5.41) is 18.7. The normalized spacial score (nSPS) is 20.3. The van der Waals surface area contributed by atoms with Crippen LogP contribution >= 0.6 is 0 Å². The largest absolute Gasteiger partial charge is 0.507 e. The van der Waals surface area contributed by atoms with E-state index in [1.165, 1.54) is 6.42 Å². The number of hydrogen-bond acceptors (Lipinski definition) is 8. The summed E-state index contributed by atoms with van der Waals surface area (Å²) >= 11 is 0. The SMILES string of the molecule is CC1CCN1CC#Cc1cc(N2CCN(c3cc(-c4ccccc4O)nnc3N)CCC2C)ccn1. The van der Waals surface area contributed by atoms with Crippen LogP contribution in [0.2, 0.25) is 0 Å². The average Bonchev–Trinajstić information content (AvgIpc) is 3.08. The predicted molar refractivity (Wildman–Crippen MR) is 144 cm³/mol. The fraction of sp³-hybridized carbons (Fsp3) is 0.393. The summed E-state index contributed by atoms with van der Waals surface area (Å²) in [6.45, 7) is 8.90. The van der Waals surface area contributed by atoms with Crippen LogP contribution in [0.5, 0.6) is 5.75 Å². The number of rotatable bonds is 4. The number of hydrogen-bond donors (Lipinski definition) is 2. The Bertz CT molecular complexity index is 1280. The van der Waals surface area contributed by atoms with Gasteiger partial charge in [0.1, 0.15) is 11.4 Å². The Kier molecular flexibility index (Phi) is 6.92. The van der Waals surface area contributed by atoms with Gasteiger partial charge in [-0.3, -0.25) is 4.90 Å². The molecule has 0 spiro atoms. The summed E-state index contributed by atoms with van der Waals surface area (Å²) in [4.78, 5) is 11.5. The first-order valence-corrected chi connectivity index (χ1v) is 12.6. The van der Waals surface area contributed by atoms with Crippen LogP contribution in [0.15, 0.2) is 48.7 Å². The summed E-state index contributed by atoms with van der Waals surface area (Å²) in [5.41, 5.74) is 10.3. The van der Waals surface area contributed by atoms with Crippen LogP contribution in [0.1, 0.15) is 32.4 Å². The van der Waals surface area contributed by atoms with Crippen LogP contribution in [-0.2, 0) is 0 Å². The van der Waals surface area contributed by atoms with E-state index in [1.54, 1.807) is 12.1 Å². The number of para-hydroxylation sites is 1. The number of pyridine rings is 1. The van der Waals surface area contributed by atoms with Crippen LogP contribution in [0.4, 0.5) is 17.2 Å². The van der Waals surface area contributed by atoms with Gasteiger partial charge in [-0.15, -0.1) is 10.2 Å². The first kappa shape index (κ1) is 23.9. The highest BCUT2D eigenvalue weighted by Gasteiger charge is 2.24. The van der Waals surface area contributed by atoms with Gasteiger partial charge in [-0.1, -0.05) is 18.1 Å². The molecule has 2 aliphatic rings. The Morgan fingerprint density at radius 1 is 1.00 bits per heavy atom. The van der Waals surface area contributed by atoms with E-state index >= 15 is 0 Å². The van der Waals surface area contributed by atoms with Crippen molar-refractivity contribution in [2.24, 2.45) is 0 Å². The molecule has 8 nitrogen and oxygen atoms in total. The average molecular weight is 484 g/mol. The van der Waals surface area contributed by atoms with E-state index in [9.17, 15) is 5.11 Å². The molecule has 3 N–H and O–H groups in total. The molecule has 2 aromatic heterocycles. The number of anilines is 3. The van der Waals surface area contributed by atoms with Gasteiger partial charge in [-0.05, 0) is 62.9 Å². The monoisotopic (exact) mass is 483 g/mol. The summed E-state index contributed by atoms with van der Waals surface area (Å²) in [5.74, 6) is 7.11. The molecule has 0 radical (unpaired) electrons. The minimum Gasteiger partial charge on any atom is -0.507 e. The summed E-state index contributed by atoms with van der Waals surface area (Å²) in [7, 11) is 0. The summed E-state index contributed by atoms with van der Waals surface area (Å²) < 4.78 is 0. The molecular weight excluding hydrogens is 450 g/mol. The van der Waals surface area contributed by atoms with Crippen molar-refractivity contribution >= 4 is 17.2 Å².